The number of esters is 2. The first-order valence-electron chi connectivity index (χ1n) is 15.3. The molecule has 12 heteroatoms. The summed E-state index contributed by atoms with van der Waals surface area (Å²) in [4.78, 5) is 62.5. The molecule has 2 bridgehead atoms. The first-order valence-corrected chi connectivity index (χ1v) is 15.3. The van der Waals surface area contributed by atoms with Gasteiger partial charge in [0.15, 0.2) is 16.6 Å². The molecular weight excluding hydrogens is 590 g/mol. The van der Waals surface area contributed by atoms with E-state index in [1.165, 1.54) is 14.2 Å². The Morgan fingerprint density at radius 2 is 1.24 bits per heavy atom. The Bertz CT molecular complexity index is 1410. The molecule has 3 aromatic heterocycles. The summed E-state index contributed by atoms with van der Waals surface area (Å²) in [6, 6.07) is 14.4. The van der Waals surface area contributed by atoms with Crippen molar-refractivity contribution in [1.82, 2.24) is 24.8 Å². The minimum Gasteiger partial charge on any atom is -0.459 e. The minimum absolute atomic E-state index is 0.0515. The van der Waals surface area contributed by atoms with E-state index < -0.39 is 52.8 Å². The minimum atomic E-state index is -1.90. The van der Waals surface area contributed by atoms with Gasteiger partial charge in [-0.25, -0.2) is 0 Å². The van der Waals surface area contributed by atoms with E-state index in [1.807, 2.05) is 28.0 Å². The van der Waals surface area contributed by atoms with Crippen LogP contribution in [0, 0.1) is 10.8 Å². The number of methoxy groups -OCH3 is 2. The monoisotopic (exact) mass is 631 g/mol. The first kappa shape index (κ1) is 33.3. The molecule has 0 saturated carbocycles. The SMILES string of the molecule is COCC(C)OC(=O)C12CN(Cc3ccccn3)CC(C(=O)OC(C)COC)(C1=O)C(c1ccccn1)N(C)C2c1ccccn1. The van der Waals surface area contributed by atoms with Gasteiger partial charge in [-0.3, -0.25) is 39.1 Å². The van der Waals surface area contributed by atoms with Crippen molar-refractivity contribution >= 4 is 17.7 Å². The van der Waals surface area contributed by atoms with Crippen LogP contribution in [0.3, 0.4) is 0 Å². The average Bonchev–Trinajstić information content (AvgIpc) is 3.04. The smallest absolute Gasteiger partial charge is 0.323 e. The molecule has 2 saturated heterocycles. The molecule has 12 nitrogen and oxygen atoms in total. The van der Waals surface area contributed by atoms with Crippen LogP contribution in [-0.4, -0.2) is 102 Å². The summed E-state index contributed by atoms with van der Waals surface area (Å²) < 4.78 is 22.5. The van der Waals surface area contributed by atoms with Crippen LogP contribution in [-0.2, 0) is 39.9 Å². The molecule has 3 aromatic rings. The third-order valence-electron chi connectivity index (χ3n) is 8.70. The van der Waals surface area contributed by atoms with Gasteiger partial charge < -0.3 is 18.9 Å². The molecule has 0 spiro atoms. The fourth-order valence-corrected chi connectivity index (χ4v) is 7.05. The van der Waals surface area contributed by atoms with Crippen LogP contribution in [0.2, 0.25) is 0 Å². The average molecular weight is 632 g/mol. The van der Waals surface area contributed by atoms with Gasteiger partial charge in [0.1, 0.15) is 12.2 Å². The van der Waals surface area contributed by atoms with Crippen molar-refractivity contribution in [3.05, 3.63) is 90.3 Å². The third kappa shape index (κ3) is 6.05. The number of hydrogen-bond donors (Lipinski definition) is 0. The summed E-state index contributed by atoms with van der Waals surface area (Å²) in [5.74, 6) is -2.13. The lowest BCUT2D eigenvalue weighted by atomic mass is 9.54. The van der Waals surface area contributed by atoms with Gasteiger partial charge in [-0.15, -0.1) is 0 Å². The predicted molar refractivity (Wildman–Crippen MR) is 166 cm³/mol. The second kappa shape index (κ2) is 14.1. The van der Waals surface area contributed by atoms with E-state index in [4.69, 9.17) is 18.9 Å². The highest BCUT2D eigenvalue weighted by molar-refractivity contribution is 6.17. The number of carbonyl (C=O) groups is 3. The zero-order valence-corrected chi connectivity index (χ0v) is 26.9. The lowest BCUT2D eigenvalue weighted by molar-refractivity contribution is -0.210. The van der Waals surface area contributed by atoms with E-state index in [-0.39, 0.29) is 32.8 Å². The fourth-order valence-electron chi connectivity index (χ4n) is 7.05. The molecule has 6 unspecified atom stereocenters. The summed E-state index contributed by atoms with van der Waals surface area (Å²) in [6.07, 6.45) is 3.58. The number of Topliss-reactive ketones (excluding diaryl/α,β-unsaturated/α-hetero) is 1. The zero-order valence-electron chi connectivity index (χ0n) is 26.9. The van der Waals surface area contributed by atoms with Gasteiger partial charge in [0.2, 0.25) is 0 Å². The quantitative estimate of drug-likeness (QED) is 0.215. The Hall–Kier alpha value is -4.10. The Morgan fingerprint density at radius 1 is 0.783 bits per heavy atom. The highest BCUT2D eigenvalue weighted by Crippen LogP contribution is 2.60. The molecule has 0 radical (unpaired) electrons. The van der Waals surface area contributed by atoms with Crippen molar-refractivity contribution in [2.24, 2.45) is 10.8 Å². The van der Waals surface area contributed by atoms with Crippen LogP contribution in [0.1, 0.15) is 43.0 Å². The van der Waals surface area contributed by atoms with Crippen LogP contribution >= 0.6 is 0 Å². The Kier molecular flexibility index (Phi) is 10.2. The maximum atomic E-state index is 15.5. The van der Waals surface area contributed by atoms with Gasteiger partial charge >= 0.3 is 11.9 Å². The maximum Gasteiger partial charge on any atom is 0.323 e. The summed E-state index contributed by atoms with van der Waals surface area (Å²) in [5.41, 5.74) is -2.13. The highest BCUT2D eigenvalue weighted by Gasteiger charge is 2.75. The van der Waals surface area contributed by atoms with E-state index >= 15 is 4.79 Å². The summed E-state index contributed by atoms with van der Waals surface area (Å²) in [5, 5.41) is 0. The number of likely N-dealkylation sites (tertiary alicyclic amines) is 2. The molecule has 46 heavy (non-hydrogen) atoms. The molecule has 2 aliphatic rings. The molecule has 0 aliphatic carbocycles. The summed E-state index contributed by atoms with van der Waals surface area (Å²) >= 11 is 0. The first-order chi connectivity index (χ1) is 22.2. The normalized spacial score (nSPS) is 26.2. The Balaban J connectivity index is 1.78. The standard InChI is InChI=1S/C34H41N5O7/c1-23(19-43-4)45-31(41)33-21-39(18-25-12-6-9-15-35-25)22-34(30(33)40,32(42)46-24(2)20-44-5)29(27-14-8-11-17-37-27)38(3)28(33)26-13-7-10-16-36-26/h6-17,23-24,28-29H,18-22H2,1-5H3. The molecule has 0 amide bonds. The molecule has 2 aliphatic heterocycles. The lowest BCUT2D eigenvalue weighted by Gasteiger charge is -2.60. The molecule has 5 rings (SSSR count). The van der Waals surface area contributed by atoms with Crippen LogP contribution in [0.25, 0.3) is 0 Å². The molecule has 6 atom stereocenters. The zero-order chi connectivity index (χ0) is 32.9. The summed E-state index contributed by atoms with van der Waals surface area (Å²) in [6.45, 7) is 3.79. The van der Waals surface area contributed by atoms with Crippen LogP contribution in [0.15, 0.2) is 73.2 Å². The Morgan fingerprint density at radius 3 is 1.63 bits per heavy atom. The second-order valence-corrected chi connectivity index (χ2v) is 12.1. The van der Waals surface area contributed by atoms with Crippen LogP contribution in [0.5, 0.6) is 0 Å². The van der Waals surface area contributed by atoms with Gasteiger partial charge in [-0.05, 0) is 57.3 Å². The lowest BCUT2D eigenvalue weighted by Crippen LogP contribution is -2.75. The van der Waals surface area contributed by atoms with Crippen molar-refractivity contribution < 1.29 is 33.3 Å². The number of hydrogen-bond acceptors (Lipinski definition) is 12. The van der Waals surface area contributed by atoms with Crippen molar-refractivity contribution in [3.8, 4) is 0 Å². The predicted octanol–water partition coefficient (Wildman–Crippen LogP) is 2.81. The Labute approximate surface area is 269 Å². The largest absolute Gasteiger partial charge is 0.459 e. The number of ether oxygens (including phenoxy) is 4. The van der Waals surface area contributed by atoms with E-state index in [0.29, 0.717) is 17.1 Å². The van der Waals surface area contributed by atoms with Gasteiger partial charge in [-0.1, -0.05) is 18.2 Å². The molecular formula is C34H41N5O7. The molecule has 0 N–H and O–H groups in total. The number of ketones is 1. The number of rotatable bonds is 12. The maximum absolute atomic E-state index is 15.5. The highest BCUT2D eigenvalue weighted by atomic mass is 16.6. The summed E-state index contributed by atoms with van der Waals surface area (Å²) in [7, 11) is 4.81. The van der Waals surface area contributed by atoms with E-state index in [1.54, 1.807) is 75.9 Å². The number of carbonyl (C=O) groups excluding carboxylic acids is 3. The van der Waals surface area contributed by atoms with Gasteiger partial charge in [0.25, 0.3) is 0 Å². The van der Waals surface area contributed by atoms with Crippen LogP contribution in [0.4, 0.5) is 0 Å². The number of aromatic nitrogens is 3. The number of fused-ring (bicyclic) bond motifs is 2. The van der Waals surface area contributed by atoms with E-state index in [0.717, 1.165) is 0 Å². The van der Waals surface area contributed by atoms with Crippen molar-refractivity contribution in [1.29, 1.82) is 0 Å². The third-order valence-corrected chi connectivity index (χ3v) is 8.70. The fraction of sp³-hybridized carbons (Fsp3) is 0.471. The number of nitrogens with zero attached hydrogens (tertiary/aromatic N) is 5. The molecule has 2 fully saturated rings. The molecule has 244 valence electrons. The van der Waals surface area contributed by atoms with E-state index in [2.05, 4.69) is 15.0 Å². The molecule has 5 heterocycles. The number of pyridine rings is 3. The number of piperidine rings is 2. The van der Waals surface area contributed by atoms with Gasteiger partial charge in [0, 0.05) is 52.4 Å². The van der Waals surface area contributed by atoms with E-state index in [9.17, 15) is 9.59 Å². The topological polar surface area (TPSA) is 133 Å². The van der Waals surface area contributed by atoms with Crippen molar-refractivity contribution in [2.45, 2.75) is 44.7 Å². The van der Waals surface area contributed by atoms with Gasteiger partial charge in [-0.2, -0.15) is 0 Å². The van der Waals surface area contributed by atoms with Gasteiger partial charge in [0.05, 0.1) is 42.4 Å². The van der Waals surface area contributed by atoms with Crippen LogP contribution < -0.4 is 0 Å². The van der Waals surface area contributed by atoms with Crippen molar-refractivity contribution in [2.75, 3.05) is 47.6 Å². The second-order valence-electron chi connectivity index (χ2n) is 12.1. The van der Waals surface area contributed by atoms with Crippen molar-refractivity contribution in [3.63, 3.8) is 0 Å². The molecule has 0 aromatic carbocycles.